The number of ether oxygens (including phenoxy) is 3. The molecule has 124 valence electrons. The maximum Gasteiger partial charge on any atom is 0.119 e. The lowest BCUT2D eigenvalue weighted by Gasteiger charge is -2.11. The predicted molar refractivity (Wildman–Crippen MR) is 88.3 cm³/mol. The van der Waals surface area contributed by atoms with Gasteiger partial charge in [-0.3, -0.25) is 0 Å². The summed E-state index contributed by atoms with van der Waals surface area (Å²) in [5.74, 6) is 0.932. The number of hydrogen-bond acceptors (Lipinski definition) is 4. The van der Waals surface area contributed by atoms with Gasteiger partial charge in [-0.1, -0.05) is 12.1 Å². The van der Waals surface area contributed by atoms with E-state index in [-0.39, 0.29) is 6.10 Å². The van der Waals surface area contributed by atoms with Gasteiger partial charge in [0.05, 0.1) is 18.8 Å². The van der Waals surface area contributed by atoms with Crippen LogP contribution in [0, 0.1) is 0 Å². The van der Waals surface area contributed by atoms with Crippen LogP contribution in [0.3, 0.4) is 0 Å². The molecule has 1 unspecified atom stereocenters. The summed E-state index contributed by atoms with van der Waals surface area (Å²) in [5, 5.41) is 3.44. The second-order valence-corrected chi connectivity index (χ2v) is 6.05. The van der Waals surface area contributed by atoms with Crippen molar-refractivity contribution in [2.45, 2.75) is 51.9 Å². The van der Waals surface area contributed by atoms with E-state index in [1.165, 1.54) is 12.0 Å². The van der Waals surface area contributed by atoms with Gasteiger partial charge in [-0.05, 0) is 57.4 Å². The highest BCUT2D eigenvalue weighted by Crippen LogP contribution is 2.14. The summed E-state index contributed by atoms with van der Waals surface area (Å²) < 4.78 is 16.8. The van der Waals surface area contributed by atoms with Crippen molar-refractivity contribution in [1.82, 2.24) is 5.32 Å². The Morgan fingerprint density at radius 2 is 2.09 bits per heavy atom. The van der Waals surface area contributed by atoms with Crippen LogP contribution in [0.2, 0.25) is 0 Å². The molecule has 0 saturated carbocycles. The minimum absolute atomic E-state index is 0.221. The fraction of sp³-hybridized carbons (Fsp3) is 0.667. The first kappa shape index (κ1) is 17.3. The van der Waals surface area contributed by atoms with Gasteiger partial charge in [0.1, 0.15) is 5.75 Å². The molecule has 1 aromatic rings. The van der Waals surface area contributed by atoms with Crippen molar-refractivity contribution in [2.24, 2.45) is 0 Å². The van der Waals surface area contributed by atoms with Gasteiger partial charge < -0.3 is 19.5 Å². The van der Waals surface area contributed by atoms with Gasteiger partial charge in [0, 0.05) is 19.8 Å². The molecule has 22 heavy (non-hydrogen) atoms. The van der Waals surface area contributed by atoms with Crippen LogP contribution < -0.4 is 10.1 Å². The molecule has 4 nitrogen and oxygen atoms in total. The highest BCUT2D eigenvalue weighted by molar-refractivity contribution is 5.27. The lowest BCUT2D eigenvalue weighted by molar-refractivity contribution is 0.0166. The molecule has 0 spiro atoms. The van der Waals surface area contributed by atoms with Crippen molar-refractivity contribution in [3.63, 3.8) is 0 Å². The zero-order chi connectivity index (χ0) is 15.6. The van der Waals surface area contributed by atoms with Crippen molar-refractivity contribution in [3.05, 3.63) is 29.8 Å². The van der Waals surface area contributed by atoms with Gasteiger partial charge in [-0.25, -0.2) is 0 Å². The Hall–Kier alpha value is -1.10. The molecule has 2 rings (SSSR count). The molecule has 1 heterocycles. The third-order valence-corrected chi connectivity index (χ3v) is 3.59. The summed E-state index contributed by atoms with van der Waals surface area (Å²) in [7, 11) is 0. The molecule has 0 aliphatic carbocycles. The highest BCUT2D eigenvalue weighted by atomic mass is 16.5. The van der Waals surface area contributed by atoms with E-state index in [9.17, 15) is 0 Å². The highest BCUT2D eigenvalue weighted by Gasteiger charge is 2.14. The Balaban J connectivity index is 1.49. The van der Waals surface area contributed by atoms with E-state index in [1.807, 2.05) is 26.0 Å². The van der Waals surface area contributed by atoms with Gasteiger partial charge >= 0.3 is 0 Å². The van der Waals surface area contributed by atoms with E-state index >= 15 is 0 Å². The normalized spacial score (nSPS) is 18.0. The Labute approximate surface area is 134 Å². The minimum Gasteiger partial charge on any atom is -0.491 e. The molecule has 1 aliphatic rings. The van der Waals surface area contributed by atoms with E-state index in [2.05, 4.69) is 17.4 Å². The van der Waals surface area contributed by atoms with Crippen molar-refractivity contribution in [3.8, 4) is 5.75 Å². The molecule has 1 atom stereocenters. The second kappa shape index (κ2) is 9.82. The van der Waals surface area contributed by atoms with Crippen LogP contribution in [0.25, 0.3) is 0 Å². The van der Waals surface area contributed by atoms with Gasteiger partial charge in [-0.2, -0.15) is 0 Å². The monoisotopic (exact) mass is 307 g/mol. The van der Waals surface area contributed by atoms with Crippen molar-refractivity contribution < 1.29 is 14.2 Å². The summed E-state index contributed by atoms with van der Waals surface area (Å²) in [6.45, 7) is 8.37. The molecule has 0 aromatic heterocycles. The molecule has 1 aromatic carbocycles. The van der Waals surface area contributed by atoms with Gasteiger partial charge in [-0.15, -0.1) is 0 Å². The van der Waals surface area contributed by atoms with Crippen LogP contribution in [-0.4, -0.2) is 38.6 Å². The van der Waals surface area contributed by atoms with Crippen LogP contribution in [0.4, 0.5) is 0 Å². The van der Waals surface area contributed by atoms with Crippen LogP contribution in [0.15, 0.2) is 24.3 Å². The third kappa shape index (κ3) is 6.77. The quantitative estimate of drug-likeness (QED) is 0.674. The fourth-order valence-corrected chi connectivity index (χ4v) is 2.48. The summed E-state index contributed by atoms with van der Waals surface area (Å²) in [4.78, 5) is 0. The van der Waals surface area contributed by atoms with Crippen LogP contribution in [0.5, 0.6) is 5.75 Å². The first-order valence-electron chi connectivity index (χ1n) is 8.39. The fourth-order valence-electron chi connectivity index (χ4n) is 2.48. The molecule has 4 heteroatoms. The second-order valence-electron chi connectivity index (χ2n) is 6.05. The molecule has 1 saturated heterocycles. The summed E-state index contributed by atoms with van der Waals surface area (Å²) in [5.41, 5.74) is 1.27. The molecule has 0 amide bonds. The Kier molecular flexibility index (Phi) is 7.71. The zero-order valence-corrected chi connectivity index (χ0v) is 13.8. The number of benzene rings is 1. The number of nitrogens with one attached hydrogen (secondary N) is 1. The van der Waals surface area contributed by atoms with E-state index in [0.717, 1.165) is 51.5 Å². The van der Waals surface area contributed by atoms with Crippen molar-refractivity contribution in [1.29, 1.82) is 0 Å². The van der Waals surface area contributed by atoms with E-state index in [0.29, 0.717) is 6.10 Å². The summed E-state index contributed by atoms with van der Waals surface area (Å²) in [6, 6.07) is 8.28. The molecule has 1 N–H and O–H groups in total. The molecule has 0 radical (unpaired) electrons. The van der Waals surface area contributed by atoms with Crippen LogP contribution in [-0.2, 0) is 16.0 Å². The van der Waals surface area contributed by atoms with E-state index < -0.39 is 0 Å². The number of hydrogen-bond donors (Lipinski definition) is 1. The number of rotatable bonds is 10. The Bertz CT molecular complexity index is 399. The Morgan fingerprint density at radius 1 is 1.27 bits per heavy atom. The SMILES string of the molecule is CC(C)Oc1ccc(CNCCCOCC2CCCO2)cc1. The van der Waals surface area contributed by atoms with Crippen molar-refractivity contribution in [2.75, 3.05) is 26.4 Å². The van der Waals surface area contributed by atoms with Gasteiger partial charge in [0.25, 0.3) is 0 Å². The molecule has 1 aliphatic heterocycles. The third-order valence-electron chi connectivity index (χ3n) is 3.59. The Morgan fingerprint density at radius 3 is 2.77 bits per heavy atom. The molecular formula is C18H29NO3. The van der Waals surface area contributed by atoms with E-state index in [1.54, 1.807) is 0 Å². The average molecular weight is 307 g/mol. The molecular weight excluding hydrogens is 278 g/mol. The van der Waals surface area contributed by atoms with E-state index in [4.69, 9.17) is 14.2 Å². The van der Waals surface area contributed by atoms with Crippen LogP contribution in [0.1, 0.15) is 38.7 Å². The standard InChI is InChI=1S/C18H29NO3/c1-15(2)22-17-8-6-16(7-9-17)13-19-10-4-11-20-14-18-5-3-12-21-18/h6-9,15,18-19H,3-5,10-14H2,1-2H3. The zero-order valence-electron chi connectivity index (χ0n) is 13.8. The minimum atomic E-state index is 0.221. The maximum atomic E-state index is 5.64. The smallest absolute Gasteiger partial charge is 0.119 e. The predicted octanol–water partition coefficient (Wildman–Crippen LogP) is 3.15. The first-order valence-corrected chi connectivity index (χ1v) is 8.39. The lowest BCUT2D eigenvalue weighted by Crippen LogP contribution is -2.19. The largest absolute Gasteiger partial charge is 0.491 e. The van der Waals surface area contributed by atoms with Gasteiger partial charge in [0.15, 0.2) is 0 Å². The van der Waals surface area contributed by atoms with Crippen molar-refractivity contribution >= 4 is 0 Å². The molecule has 0 bridgehead atoms. The summed E-state index contributed by atoms with van der Waals surface area (Å²) >= 11 is 0. The maximum absolute atomic E-state index is 5.64. The molecule has 1 fully saturated rings. The average Bonchev–Trinajstić information content (AvgIpc) is 3.01. The summed E-state index contributed by atoms with van der Waals surface area (Å²) in [6.07, 6.45) is 3.91. The van der Waals surface area contributed by atoms with Crippen LogP contribution >= 0.6 is 0 Å². The first-order chi connectivity index (χ1) is 10.7. The lowest BCUT2D eigenvalue weighted by atomic mass is 10.2. The van der Waals surface area contributed by atoms with Gasteiger partial charge in [0.2, 0.25) is 0 Å². The topological polar surface area (TPSA) is 39.7 Å².